The minimum Gasteiger partial charge on any atom is -0.481 e. The SMILES string of the molecule is COCCCN1C[C@]23C=C[C@H](O2)[C@H](C(=O)O)[C@@H]3C1=O. The molecule has 2 bridgehead atoms. The van der Waals surface area contributed by atoms with Gasteiger partial charge in [-0.2, -0.15) is 0 Å². The van der Waals surface area contributed by atoms with Crippen molar-refractivity contribution in [3.63, 3.8) is 0 Å². The number of ether oxygens (including phenoxy) is 2. The van der Waals surface area contributed by atoms with Gasteiger partial charge in [0, 0.05) is 20.3 Å². The van der Waals surface area contributed by atoms with Gasteiger partial charge >= 0.3 is 5.97 Å². The summed E-state index contributed by atoms with van der Waals surface area (Å²) in [6.07, 6.45) is 3.94. The van der Waals surface area contributed by atoms with Crippen LogP contribution in [0.5, 0.6) is 0 Å². The maximum absolute atomic E-state index is 12.4. The van der Waals surface area contributed by atoms with E-state index in [1.165, 1.54) is 0 Å². The molecule has 0 radical (unpaired) electrons. The zero-order chi connectivity index (χ0) is 13.6. The Hall–Kier alpha value is -1.40. The van der Waals surface area contributed by atoms with Crippen LogP contribution in [0.3, 0.4) is 0 Å². The molecule has 1 N–H and O–H groups in total. The first-order valence-corrected chi connectivity index (χ1v) is 6.47. The molecule has 3 heterocycles. The van der Waals surface area contributed by atoms with E-state index >= 15 is 0 Å². The lowest BCUT2D eigenvalue weighted by molar-refractivity contribution is -0.148. The highest BCUT2D eigenvalue weighted by molar-refractivity contribution is 5.90. The van der Waals surface area contributed by atoms with Gasteiger partial charge in [0.15, 0.2) is 0 Å². The number of aliphatic carboxylic acids is 1. The van der Waals surface area contributed by atoms with Crippen LogP contribution < -0.4 is 0 Å². The summed E-state index contributed by atoms with van der Waals surface area (Å²) < 4.78 is 10.8. The lowest BCUT2D eigenvalue weighted by Crippen LogP contribution is -2.39. The van der Waals surface area contributed by atoms with Crippen molar-refractivity contribution in [1.82, 2.24) is 4.90 Å². The molecular formula is C13H17NO5. The van der Waals surface area contributed by atoms with Gasteiger partial charge in [-0.25, -0.2) is 0 Å². The molecular weight excluding hydrogens is 250 g/mol. The molecule has 0 aromatic heterocycles. The maximum Gasteiger partial charge on any atom is 0.310 e. The van der Waals surface area contributed by atoms with Gasteiger partial charge in [0.1, 0.15) is 11.5 Å². The van der Waals surface area contributed by atoms with Gasteiger partial charge in [-0.1, -0.05) is 12.2 Å². The third-order valence-corrected chi connectivity index (χ3v) is 4.24. The Morgan fingerprint density at radius 1 is 1.68 bits per heavy atom. The van der Waals surface area contributed by atoms with Crippen LogP contribution in [0.4, 0.5) is 0 Å². The molecule has 1 amide bonds. The summed E-state index contributed by atoms with van der Waals surface area (Å²) in [6.45, 7) is 1.62. The van der Waals surface area contributed by atoms with Gasteiger partial charge in [0.2, 0.25) is 5.91 Å². The second-order valence-electron chi connectivity index (χ2n) is 5.34. The molecule has 0 aromatic rings. The number of fused-ring (bicyclic) bond motifs is 1. The molecule has 6 heteroatoms. The van der Waals surface area contributed by atoms with Crippen molar-refractivity contribution >= 4 is 11.9 Å². The van der Waals surface area contributed by atoms with Crippen LogP contribution in [0.15, 0.2) is 12.2 Å². The Labute approximate surface area is 111 Å². The smallest absolute Gasteiger partial charge is 0.310 e. The van der Waals surface area contributed by atoms with Crippen molar-refractivity contribution in [2.75, 3.05) is 26.8 Å². The predicted molar refractivity (Wildman–Crippen MR) is 64.4 cm³/mol. The van der Waals surface area contributed by atoms with E-state index in [0.717, 1.165) is 6.42 Å². The molecule has 19 heavy (non-hydrogen) atoms. The number of carbonyl (C=O) groups excluding carboxylic acids is 1. The number of rotatable bonds is 5. The summed E-state index contributed by atoms with van der Waals surface area (Å²) in [5, 5.41) is 9.29. The fraction of sp³-hybridized carbons (Fsp3) is 0.692. The number of methoxy groups -OCH3 is 1. The highest BCUT2D eigenvalue weighted by atomic mass is 16.5. The van der Waals surface area contributed by atoms with Crippen LogP contribution in [0, 0.1) is 11.8 Å². The molecule has 0 aromatic carbocycles. The Kier molecular flexibility index (Phi) is 2.87. The fourth-order valence-corrected chi connectivity index (χ4v) is 3.45. The van der Waals surface area contributed by atoms with Crippen molar-refractivity contribution in [2.24, 2.45) is 11.8 Å². The van der Waals surface area contributed by atoms with Crippen LogP contribution >= 0.6 is 0 Å². The summed E-state index contributed by atoms with van der Waals surface area (Å²) in [4.78, 5) is 25.4. The number of hydrogen-bond acceptors (Lipinski definition) is 4. The Bertz CT molecular complexity index is 448. The van der Waals surface area contributed by atoms with E-state index < -0.39 is 29.5 Å². The summed E-state index contributed by atoms with van der Waals surface area (Å²) in [6, 6.07) is 0. The number of nitrogens with zero attached hydrogens (tertiary/aromatic N) is 1. The molecule has 104 valence electrons. The molecule has 4 atom stereocenters. The molecule has 6 nitrogen and oxygen atoms in total. The van der Waals surface area contributed by atoms with Gasteiger partial charge < -0.3 is 19.5 Å². The third-order valence-electron chi connectivity index (χ3n) is 4.24. The van der Waals surface area contributed by atoms with Crippen LogP contribution in [-0.4, -0.2) is 60.4 Å². The molecule has 0 aliphatic carbocycles. The van der Waals surface area contributed by atoms with E-state index in [-0.39, 0.29) is 5.91 Å². The van der Waals surface area contributed by atoms with Gasteiger partial charge in [-0.3, -0.25) is 9.59 Å². The van der Waals surface area contributed by atoms with E-state index in [0.29, 0.717) is 19.7 Å². The number of carboxylic acid groups (broad SMARTS) is 1. The summed E-state index contributed by atoms with van der Waals surface area (Å²) in [7, 11) is 1.62. The van der Waals surface area contributed by atoms with E-state index in [4.69, 9.17) is 9.47 Å². The van der Waals surface area contributed by atoms with Gasteiger partial charge in [-0.05, 0) is 6.42 Å². The average Bonchev–Trinajstić information content (AvgIpc) is 2.99. The van der Waals surface area contributed by atoms with E-state index in [2.05, 4.69) is 0 Å². The normalized spacial score (nSPS) is 39.1. The van der Waals surface area contributed by atoms with E-state index in [1.54, 1.807) is 18.1 Å². The fourth-order valence-electron chi connectivity index (χ4n) is 3.45. The monoisotopic (exact) mass is 267 g/mol. The van der Waals surface area contributed by atoms with Crippen molar-refractivity contribution in [3.05, 3.63) is 12.2 Å². The molecule has 3 aliphatic heterocycles. The Morgan fingerprint density at radius 2 is 2.47 bits per heavy atom. The highest BCUT2D eigenvalue weighted by Crippen LogP contribution is 2.51. The molecule has 2 fully saturated rings. The maximum atomic E-state index is 12.4. The molecule has 0 saturated carbocycles. The molecule has 3 aliphatic rings. The lowest BCUT2D eigenvalue weighted by Gasteiger charge is -2.21. The molecule has 2 saturated heterocycles. The van der Waals surface area contributed by atoms with Crippen molar-refractivity contribution in [2.45, 2.75) is 18.1 Å². The highest BCUT2D eigenvalue weighted by Gasteiger charge is 2.66. The van der Waals surface area contributed by atoms with E-state index in [9.17, 15) is 14.7 Å². The van der Waals surface area contributed by atoms with Crippen LogP contribution in [-0.2, 0) is 19.1 Å². The predicted octanol–water partition coefficient (Wildman–Crippen LogP) is -0.111. The van der Waals surface area contributed by atoms with Gasteiger partial charge in [0.25, 0.3) is 0 Å². The van der Waals surface area contributed by atoms with Crippen molar-refractivity contribution in [3.8, 4) is 0 Å². The first kappa shape index (κ1) is 12.6. The second-order valence-corrected chi connectivity index (χ2v) is 5.34. The summed E-state index contributed by atoms with van der Waals surface area (Å²) in [5.41, 5.74) is -0.710. The second kappa shape index (κ2) is 4.31. The van der Waals surface area contributed by atoms with Crippen molar-refractivity contribution < 1.29 is 24.2 Å². The molecule has 0 unspecified atom stereocenters. The van der Waals surface area contributed by atoms with Crippen LogP contribution in [0.1, 0.15) is 6.42 Å². The van der Waals surface area contributed by atoms with Gasteiger partial charge in [0.05, 0.1) is 18.6 Å². The average molecular weight is 267 g/mol. The number of amides is 1. The minimum absolute atomic E-state index is 0.102. The standard InChI is InChI=1S/C13H17NO5/c1-18-6-2-5-14-7-13-4-3-8(19-13)9(12(16)17)10(13)11(14)15/h3-4,8-10H,2,5-7H2,1H3,(H,16,17)/t8-,9-,10+,13-/m0/s1. The quantitative estimate of drug-likeness (QED) is 0.555. The number of likely N-dealkylation sites (tertiary alicyclic amines) is 1. The molecule has 3 rings (SSSR count). The minimum atomic E-state index is -0.951. The summed E-state index contributed by atoms with van der Waals surface area (Å²) >= 11 is 0. The van der Waals surface area contributed by atoms with Gasteiger partial charge in [-0.15, -0.1) is 0 Å². The first-order valence-electron chi connectivity index (χ1n) is 6.47. The zero-order valence-corrected chi connectivity index (χ0v) is 10.7. The van der Waals surface area contributed by atoms with Crippen molar-refractivity contribution in [1.29, 1.82) is 0 Å². The number of carboxylic acids is 1. The molecule has 1 spiro atoms. The Morgan fingerprint density at radius 3 is 3.16 bits per heavy atom. The summed E-state index contributed by atoms with van der Waals surface area (Å²) in [5.74, 6) is -2.36. The van der Waals surface area contributed by atoms with E-state index in [1.807, 2.05) is 6.08 Å². The first-order chi connectivity index (χ1) is 9.09. The Balaban J connectivity index is 1.79. The lowest BCUT2D eigenvalue weighted by atomic mass is 9.77. The van der Waals surface area contributed by atoms with Crippen LogP contribution in [0.2, 0.25) is 0 Å². The topological polar surface area (TPSA) is 76.1 Å². The zero-order valence-electron chi connectivity index (χ0n) is 10.7. The largest absolute Gasteiger partial charge is 0.481 e. The third kappa shape index (κ3) is 1.70. The number of hydrogen-bond donors (Lipinski definition) is 1. The van der Waals surface area contributed by atoms with Crippen LogP contribution in [0.25, 0.3) is 0 Å². The number of carbonyl (C=O) groups is 2.